The van der Waals surface area contributed by atoms with Gasteiger partial charge in [0.1, 0.15) is 17.4 Å². The van der Waals surface area contributed by atoms with Crippen molar-refractivity contribution >= 4 is 15.6 Å². The van der Waals surface area contributed by atoms with Crippen LogP contribution in [0.25, 0.3) is 0 Å². The monoisotopic (exact) mass is 290 g/mol. The molecule has 0 aromatic heterocycles. The van der Waals surface area contributed by atoms with Gasteiger partial charge in [0.2, 0.25) is 0 Å². The van der Waals surface area contributed by atoms with E-state index in [9.17, 15) is 22.0 Å². The molecule has 0 atom stereocenters. The molecule has 1 rings (SSSR count). The quantitative estimate of drug-likeness (QED) is 0.573. The van der Waals surface area contributed by atoms with Gasteiger partial charge >= 0.3 is 0 Å². The fraction of sp³-hybridized carbons (Fsp3) is 0.462. The van der Waals surface area contributed by atoms with E-state index in [1.165, 1.54) is 0 Å². The molecule has 0 N–H and O–H groups in total. The second kappa shape index (κ2) is 6.75. The van der Waals surface area contributed by atoms with E-state index >= 15 is 0 Å². The Morgan fingerprint density at radius 2 is 1.89 bits per heavy atom. The summed E-state index contributed by atoms with van der Waals surface area (Å²) in [6.07, 6.45) is 2.08. The molecule has 1 aromatic rings. The highest BCUT2D eigenvalue weighted by Gasteiger charge is 2.20. The Hall–Kier alpha value is -1.30. The van der Waals surface area contributed by atoms with Gasteiger partial charge in [-0.15, -0.1) is 0 Å². The summed E-state index contributed by atoms with van der Waals surface area (Å²) in [6, 6.07) is 2.41. The van der Waals surface area contributed by atoms with E-state index < -0.39 is 38.6 Å². The Bertz CT molecular complexity index is 553. The lowest BCUT2D eigenvalue weighted by Crippen LogP contribution is -2.20. The molecular formula is C13H16F2O3S. The Kier molecular flexibility index (Phi) is 5.60. The molecule has 0 unspecified atom stereocenters. The van der Waals surface area contributed by atoms with Crippen LogP contribution in [-0.4, -0.2) is 25.7 Å². The lowest BCUT2D eigenvalue weighted by Gasteiger charge is -2.05. The number of carbonyl (C=O) groups is 1. The molecule has 0 radical (unpaired) electrons. The fourth-order valence-electron chi connectivity index (χ4n) is 1.63. The summed E-state index contributed by atoms with van der Waals surface area (Å²) in [5, 5.41) is 0. The van der Waals surface area contributed by atoms with E-state index in [2.05, 4.69) is 0 Å². The predicted octanol–water partition coefficient (Wildman–Crippen LogP) is 2.75. The molecule has 0 aliphatic carbocycles. The van der Waals surface area contributed by atoms with E-state index in [4.69, 9.17) is 0 Å². The summed E-state index contributed by atoms with van der Waals surface area (Å²) in [7, 11) is -3.57. The summed E-state index contributed by atoms with van der Waals surface area (Å²) >= 11 is 0. The van der Waals surface area contributed by atoms with Crippen LogP contribution in [0.1, 0.15) is 36.5 Å². The van der Waals surface area contributed by atoms with Gasteiger partial charge in [0.05, 0.1) is 11.3 Å². The van der Waals surface area contributed by atoms with Crippen molar-refractivity contribution in [2.24, 2.45) is 0 Å². The number of hydrogen-bond acceptors (Lipinski definition) is 3. The van der Waals surface area contributed by atoms with Crippen molar-refractivity contribution in [3.8, 4) is 0 Å². The molecule has 0 amide bonds. The number of halogens is 2. The maximum atomic E-state index is 13.3. The van der Waals surface area contributed by atoms with Gasteiger partial charge in [0.25, 0.3) is 0 Å². The first-order valence-electron chi connectivity index (χ1n) is 6.04. The van der Waals surface area contributed by atoms with Crippen LogP contribution in [0.3, 0.4) is 0 Å². The fourth-order valence-corrected chi connectivity index (χ4v) is 2.98. The molecule has 0 heterocycles. The highest BCUT2D eigenvalue weighted by Crippen LogP contribution is 2.12. The van der Waals surface area contributed by atoms with Gasteiger partial charge < -0.3 is 0 Å². The number of Topliss-reactive ketones (excluding diaryl/α,β-unsaturated/α-hetero) is 1. The van der Waals surface area contributed by atoms with Crippen molar-refractivity contribution < 1.29 is 22.0 Å². The van der Waals surface area contributed by atoms with Gasteiger partial charge in [-0.25, -0.2) is 17.2 Å². The molecule has 106 valence electrons. The minimum absolute atomic E-state index is 0.108. The molecule has 1 aromatic carbocycles. The van der Waals surface area contributed by atoms with Crippen LogP contribution < -0.4 is 0 Å². The molecule has 0 aliphatic heterocycles. The molecule has 3 nitrogen and oxygen atoms in total. The third-order valence-corrected chi connectivity index (χ3v) is 4.25. The SMILES string of the molecule is CCCCCS(=O)(=O)CC(=O)c1cc(F)ccc1F. The number of sulfone groups is 1. The molecule has 0 spiro atoms. The van der Waals surface area contributed by atoms with E-state index in [0.717, 1.165) is 31.0 Å². The molecule has 0 fully saturated rings. The second-order valence-electron chi connectivity index (χ2n) is 4.35. The number of ketones is 1. The molecular weight excluding hydrogens is 274 g/mol. The first-order valence-corrected chi connectivity index (χ1v) is 7.86. The number of rotatable bonds is 7. The van der Waals surface area contributed by atoms with Gasteiger partial charge in [-0.05, 0) is 24.6 Å². The highest BCUT2D eigenvalue weighted by molar-refractivity contribution is 7.92. The Balaban J connectivity index is 2.76. The number of benzene rings is 1. The van der Waals surface area contributed by atoms with Gasteiger partial charge in [0, 0.05) is 0 Å². The standard InChI is InChI=1S/C13H16F2O3S/c1-2-3-4-7-19(17,18)9-13(16)11-8-10(14)5-6-12(11)15/h5-6,8H,2-4,7,9H2,1H3. The maximum absolute atomic E-state index is 13.3. The number of hydrogen-bond donors (Lipinski definition) is 0. The molecule has 0 saturated carbocycles. The Morgan fingerprint density at radius 3 is 2.53 bits per heavy atom. The van der Waals surface area contributed by atoms with Crippen molar-refractivity contribution in [3.63, 3.8) is 0 Å². The van der Waals surface area contributed by atoms with Crippen LogP contribution in [0.15, 0.2) is 18.2 Å². The van der Waals surface area contributed by atoms with Crippen molar-refractivity contribution in [3.05, 3.63) is 35.4 Å². The first kappa shape index (κ1) is 15.8. The van der Waals surface area contributed by atoms with Crippen molar-refractivity contribution in [2.75, 3.05) is 11.5 Å². The largest absolute Gasteiger partial charge is 0.293 e. The van der Waals surface area contributed by atoms with Gasteiger partial charge in [0.15, 0.2) is 15.6 Å². The summed E-state index contributed by atoms with van der Waals surface area (Å²) in [5.74, 6) is -3.47. The van der Waals surface area contributed by atoms with Crippen LogP contribution >= 0.6 is 0 Å². The third-order valence-electron chi connectivity index (χ3n) is 2.64. The van der Waals surface area contributed by atoms with Gasteiger partial charge in [-0.1, -0.05) is 19.8 Å². The van der Waals surface area contributed by atoms with Crippen LogP contribution in [0.5, 0.6) is 0 Å². The molecule has 0 saturated heterocycles. The van der Waals surface area contributed by atoms with Crippen LogP contribution in [0, 0.1) is 11.6 Å². The molecule has 19 heavy (non-hydrogen) atoms. The summed E-state index contributed by atoms with van der Waals surface area (Å²) < 4.78 is 49.5. The third kappa shape index (κ3) is 5.06. The molecule has 0 bridgehead atoms. The molecule has 0 aliphatic rings. The van der Waals surface area contributed by atoms with Gasteiger partial charge in [-0.3, -0.25) is 4.79 Å². The first-order chi connectivity index (χ1) is 8.85. The normalized spacial score (nSPS) is 11.5. The van der Waals surface area contributed by atoms with Crippen molar-refractivity contribution in [2.45, 2.75) is 26.2 Å². The zero-order valence-electron chi connectivity index (χ0n) is 10.7. The van der Waals surface area contributed by atoms with E-state index in [-0.39, 0.29) is 5.75 Å². The van der Waals surface area contributed by atoms with Crippen molar-refractivity contribution in [1.29, 1.82) is 0 Å². The number of carbonyl (C=O) groups excluding carboxylic acids is 1. The topological polar surface area (TPSA) is 51.2 Å². The zero-order chi connectivity index (χ0) is 14.5. The lowest BCUT2D eigenvalue weighted by atomic mass is 10.1. The highest BCUT2D eigenvalue weighted by atomic mass is 32.2. The Labute approximate surface area is 111 Å². The summed E-state index contributed by atoms with van der Waals surface area (Å²) in [4.78, 5) is 11.7. The van der Waals surface area contributed by atoms with E-state index in [1.807, 2.05) is 6.92 Å². The second-order valence-corrected chi connectivity index (χ2v) is 6.53. The van der Waals surface area contributed by atoms with E-state index in [1.54, 1.807) is 0 Å². The summed E-state index contributed by atoms with van der Waals surface area (Å²) in [6.45, 7) is 1.93. The minimum atomic E-state index is -3.57. The van der Waals surface area contributed by atoms with Crippen LogP contribution in [0.4, 0.5) is 8.78 Å². The average Bonchev–Trinajstić information content (AvgIpc) is 2.31. The van der Waals surface area contributed by atoms with E-state index in [0.29, 0.717) is 6.42 Å². The summed E-state index contributed by atoms with van der Waals surface area (Å²) in [5.41, 5.74) is -0.515. The Morgan fingerprint density at radius 1 is 1.21 bits per heavy atom. The smallest absolute Gasteiger partial charge is 0.180 e. The lowest BCUT2D eigenvalue weighted by molar-refractivity contribution is 0.101. The average molecular weight is 290 g/mol. The van der Waals surface area contributed by atoms with Crippen LogP contribution in [-0.2, 0) is 9.84 Å². The predicted molar refractivity (Wildman–Crippen MR) is 68.9 cm³/mol. The zero-order valence-corrected chi connectivity index (χ0v) is 11.5. The van der Waals surface area contributed by atoms with Crippen LogP contribution in [0.2, 0.25) is 0 Å². The molecule has 6 heteroatoms. The number of unbranched alkanes of at least 4 members (excludes halogenated alkanes) is 2. The maximum Gasteiger partial charge on any atom is 0.180 e. The minimum Gasteiger partial charge on any atom is -0.293 e. The van der Waals surface area contributed by atoms with Crippen molar-refractivity contribution in [1.82, 2.24) is 0 Å². The van der Waals surface area contributed by atoms with Gasteiger partial charge in [-0.2, -0.15) is 0 Å².